The van der Waals surface area contributed by atoms with Crippen LogP contribution in [-0.4, -0.2) is 22.1 Å². The summed E-state index contributed by atoms with van der Waals surface area (Å²) in [5, 5.41) is 10.5. The van der Waals surface area contributed by atoms with Crippen LogP contribution in [0.5, 0.6) is 5.75 Å². The van der Waals surface area contributed by atoms with Gasteiger partial charge in [-0.05, 0) is 71.5 Å². The zero-order valence-electron chi connectivity index (χ0n) is 22.5. The summed E-state index contributed by atoms with van der Waals surface area (Å²) >= 11 is 0. The van der Waals surface area contributed by atoms with Crippen LogP contribution in [0.2, 0.25) is 0 Å². The predicted octanol–water partition coefficient (Wildman–Crippen LogP) is 9.46. The molecule has 0 saturated carbocycles. The van der Waals surface area contributed by atoms with Crippen molar-refractivity contribution in [3.05, 3.63) is 87.7 Å². The Morgan fingerprint density at radius 2 is 1.37 bits per heavy atom. The number of carbonyl (C=O) groups is 1. The molecule has 4 rings (SSSR count). The van der Waals surface area contributed by atoms with Crippen molar-refractivity contribution in [1.29, 1.82) is 0 Å². The van der Waals surface area contributed by atoms with Gasteiger partial charge in [0.25, 0.3) is 0 Å². The molecule has 3 aromatic rings. The fourth-order valence-corrected chi connectivity index (χ4v) is 4.89. The van der Waals surface area contributed by atoms with E-state index in [0.29, 0.717) is 24.3 Å². The number of phenolic OH excluding ortho intramolecular Hbond substituents is 1. The third-order valence-corrected chi connectivity index (χ3v) is 7.13. The summed E-state index contributed by atoms with van der Waals surface area (Å²) in [5.41, 5.74) is -5.16. The zero-order valence-corrected chi connectivity index (χ0v) is 22.5. The number of amides is 1. The Balaban J connectivity index is 1.80. The Kier molecular flexibility index (Phi) is 8.13. The summed E-state index contributed by atoms with van der Waals surface area (Å²) in [5.74, 6) is -1.76. The van der Waals surface area contributed by atoms with Gasteiger partial charge >= 0.3 is 24.6 Å². The number of cyclic esters (lactones) is 1. The van der Waals surface area contributed by atoms with Crippen molar-refractivity contribution in [3.8, 4) is 16.9 Å². The Labute approximate surface area is 238 Å². The number of hydrogen-bond acceptors (Lipinski definition) is 3. The summed E-state index contributed by atoms with van der Waals surface area (Å²) < 4.78 is 141. The molecule has 0 radical (unpaired) electrons. The lowest BCUT2D eigenvalue weighted by Crippen LogP contribution is -2.32. The third-order valence-electron chi connectivity index (χ3n) is 7.13. The predicted molar refractivity (Wildman–Crippen MR) is 133 cm³/mol. The van der Waals surface area contributed by atoms with Gasteiger partial charge in [-0.1, -0.05) is 19.9 Å². The third kappa shape index (κ3) is 6.52. The van der Waals surface area contributed by atoms with Gasteiger partial charge in [0.1, 0.15) is 17.7 Å². The number of nitrogens with zero attached hydrogens (tertiary/aromatic N) is 1. The lowest BCUT2D eigenvalue weighted by molar-refractivity contribution is -0.143. The maximum Gasteiger partial charge on any atom is 0.416 e. The first-order valence-corrected chi connectivity index (χ1v) is 12.7. The molecule has 0 bridgehead atoms. The summed E-state index contributed by atoms with van der Waals surface area (Å²) in [6, 6.07) is 3.95. The molecule has 43 heavy (non-hydrogen) atoms. The highest BCUT2D eigenvalue weighted by Gasteiger charge is 2.44. The summed E-state index contributed by atoms with van der Waals surface area (Å²) in [4.78, 5) is 13.7. The highest BCUT2D eigenvalue weighted by Crippen LogP contribution is 2.43. The molecule has 1 aliphatic heterocycles. The molecular weight excluding hydrogens is 600 g/mol. The minimum Gasteiger partial charge on any atom is -0.507 e. The van der Waals surface area contributed by atoms with Crippen molar-refractivity contribution in [3.63, 3.8) is 0 Å². The van der Waals surface area contributed by atoms with E-state index in [0.717, 1.165) is 17.0 Å². The van der Waals surface area contributed by atoms with Crippen LogP contribution in [0.1, 0.15) is 66.2 Å². The van der Waals surface area contributed by atoms with E-state index in [1.807, 2.05) is 0 Å². The highest BCUT2D eigenvalue weighted by molar-refractivity contribution is 5.76. The lowest BCUT2D eigenvalue weighted by Gasteiger charge is -2.24. The average Bonchev–Trinajstić information content (AvgIpc) is 3.15. The van der Waals surface area contributed by atoms with Gasteiger partial charge in [0.05, 0.1) is 29.3 Å². The van der Waals surface area contributed by atoms with E-state index in [1.54, 1.807) is 13.8 Å². The van der Waals surface area contributed by atoms with Crippen LogP contribution in [0, 0.1) is 5.82 Å². The Morgan fingerprint density at radius 3 is 1.88 bits per heavy atom. The van der Waals surface area contributed by atoms with Gasteiger partial charge in [0.2, 0.25) is 0 Å². The number of ether oxygens (including phenoxy) is 1. The van der Waals surface area contributed by atoms with Gasteiger partial charge < -0.3 is 9.84 Å². The zero-order chi connectivity index (χ0) is 32.2. The maximum absolute atomic E-state index is 14.4. The van der Waals surface area contributed by atoms with Crippen LogP contribution in [0.4, 0.5) is 48.7 Å². The Hall–Kier alpha value is -3.97. The van der Waals surface area contributed by atoms with Crippen LogP contribution in [0.25, 0.3) is 11.1 Å². The van der Waals surface area contributed by atoms with Crippen LogP contribution in [0.15, 0.2) is 48.5 Å². The number of alkyl halides is 9. The minimum atomic E-state index is -5.17. The summed E-state index contributed by atoms with van der Waals surface area (Å²) in [6.45, 7) is 3.90. The van der Waals surface area contributed by atoms with Crippen molar-refractivity contribution >= 4 is 6.09 Å². The second-order valence-corrected chi connectivity index (χ2v) is 10.4. The van der Waals surface area contributed by atoms with Gasteiger partial charge in [-0.25, -0.2) is 9.18 Å². The number of phenols is 1. The molecule has 0 spiro atoms. The number of rotatable bonds is 5. The molecule has 14 heteroatoms. The van der Waals surface area contributed by atoms with Crippen LogP contribution in [0.3, 0.4) is 0 Å². The van der Waals surface area contributed by atoms with Crippen LogP contribution < -0.4 is 0 Å². The van der Waals surface area contributed by atoms with Crippen molar-refractivity contribution in [1.82, 2.24) is 4.90 Å². The van der Waals surface area contributed by atoms with Crippen molar-refractivity contribution < 1.29 is 58.5 Å². The number of halogens is 10. The molecule has 1 aliphatic rings. The SMILES string of the molecule is CC(C)c1cc(-c2ccc(C(F)(F)F)cc2CN2C(=O)O[C@@H](c3cc(C(F)(F)F)cc(C(F)(F)F)c3)[C@@H]2C)c(O)cc1F. The smallest absolute Gasteiger partial charge is 0.416 e. The van der Waals surface area contributed by atoms with Gasteiger partial charge in [0, 0.05) is 11.6 Å². The second-order valence-electron chi connectivity index (χ2n) is 10.4. The molecule has 4 nitrogen and oxygen atoms in total. The fraction of sp³-hybridized carbons (Fsp3) is 0.345. The molecule has 0 aliphatic carbocycles. The highest BCUT2D eigenvalue weighted by atomic mass is 19.4. The Bertz CT molecular complexity index is 1510. The maximum atomic E-state index is 14.4. The van der Waals surface area contributed by atoms with E-state index in [1.165, 1.54) is 13.0 Å². The Morgan fingerprint density at radius 1 is 0.814 bits per heavy atom. The largest absolute Gasteiger partial charge is 0.507 e. The second kappa shape index (κ2) is 10.9. The molecule has 1 N–H and O–H groups in total. The first kappa shape index (κ1) is 32.0. The average molecular weight is 623 g/mol. The topological polar surface area (TPSA) is 49.8 Å². The number of aromatic hydroxyl groups is 1. The van der Waals surface area contributed by atoms with E-state index in [2.05, 4.69) is 0 Å². The molecule has 2 atom stereocenters. The van der Waals surface area contributed by atoms with Gasteiger partial charge in [0.15, 0.2) is 0 Å². The molecule has 1 fully saturated rings. The first-order chi connectivity index (χ1) is 19.7. The van der Waals surface area contributed by atoms with E-state index in [9.17, 15) is 53.8 Å². The monoisotopic (exact) mass is 623 g/mol. The van der Waals surface area contributed by atoms with Crippen molar-refractivity contribution in [2.45, 2.75) is 63.9 Å². The number of hydrogen-bond donors (Lipinski definition) is 1. The van der Waals surface area contributed by atoms with E-state index in [-0.39, 0.29) is 34.2 Å². The molecule has 1 heterocycles. The minimum absolute atomic E-state index is 0.0192. The van der Waals surface area contributed by atoms with Crippen LogP contribution in [-0.2, 0) is 29.8 Å². The quantitative estimate of drug-likeness (QED) is 0.288. The fourth-order valence-electron chi connectivity index (χ4n) is 4.89. The van der Waals surface area contributed by atoms with Gasteiger partial charge in [-0.15, -0.1) is 0 Å². The molecule has 0 unspecified atom stereocenters. The molecule has 232 valence electrons. The standard InChI is InChI=1S/C29H23F10NO3/c1-13(2)21-10-22(24(41)11-23(21)30)20-5-4-17(27(31,32)33)8-16(20)12-40-14(3)25(43-26(40)42)15-6-18(28(34,35)36)9-19(7-15)29(37,38)39/h4-11,13-14,25,41H,12H2,1-3H3/t14-,25+/m0/s1. The van der Waals surface area contributed by atoms with Crippen LogP contribution >= 0.6 is 0 Å². The van der Waals surface area contributed by atoms with E-state index >= 15 is 0 Å². The van der Waals surface area contributed by atoms with E-state index < -0.39 is 77.1 Å². The summed E-state index contributed by atoms with van der Waals surface area (Å²) in [6.07, 6.45) is -18.0. The summed E-state index contributed by atoms with van der Waals surface area (Å²) in [7, 11) is 0. The lowest BCUT2D eigenvalue weighted by atomic mass is 9.92. The number of carbonyl (C=O) groups excluding carboxylic acids is 1. The normalized spacial score (nSPS) is 18.0. The molecule has 3 aromatic carbocycles. The molecule has 0 aromatic heterocycles. The van der Waals surface area contributed by atoms with Gasteiger partial charge in [-0.2, -0.15) is 39.5 Å². The number of benzene rings is 3. The van der Waals surface area contributed by atoms with Gasteiger partial charge in [-0.3, -0.25) is 4.90 Å². The molecular formula is C29H23F10NO3. The van der Waals surface area contributed by atoms with Crippen molar-refractivity contribution in [2.75, 3.05) is 0 Å². The molecule has 1 saturated heterocycles. The van der Waals surface area contributed by atoms with Crippen molar-refractivity contribution in [2.24, 2.45) is 0 Å². The first-order valence-electron chi connectivity index (χ1n) is 12.7. The van der Waals surface area contributed by atoms with E-state index in [4.69, 9.17) is 4.74 Å². The molecule has 1 amide bonds.